The highest BCUT2D eigenvalue weighted by atomic mass is 127. The number of nitrogens with zero attached hydrogens (tertiary/aromatic N) is 2. The number of aromatic nitrogens is 2. The molecule has 1 aromatic carbocycles. The predicted molar refractivity (Wildman–Crippen MR) is 101 cm³/mol. The minimum absolute atomic E-state index is 0.0959. The van der Waals surface area contributed by atoms with Gasteiger partial charge in [0, 0.05) is 5.56 Å². The highest BCUT2D eigenvalue weighted by Gasteiger charge is 2.18. The molecule has 0 fully saturated rings. The lowest BCUT2D eigenvalue weighted by atomic mass is 10.1. The number of H-pyrrole nitrogens is 1. The summed E-state index contributed by atoms with van der Waals surface area (Å²) in [5, 5.41) is 9.68. The van der Waals surface area contributed by atoms with Crippen LogP contribution < -0.4 is 20.8 Å². The third-order valence-corrected chi connectivity index (χ3v) is 4.45. The Hall–Kier alpha value is -2.26. The summed E-state index contributed by atoms with van der Waals surface area (Å²) in [7, 11) is 1.44. The van der Waals surface area contributed by atoms with Crippen molar-refractivity contribution < 1.29 is 14.3 Å². The first-order chi connectivity index (χ1) is 11.9. The van der Waals surface area contributed by atoms with Gasteiger partial charge in [0.1, 0.15) is 11.6 Å². The van der Waals surface area contributed by atoms with Crippen LogP contribution in [0.3, 0.4) is 0 Å². The molecule has 25 heavy (non-hydrogen) atoms. The molecule has 0 bridgehead atoms. The van der Waals surface area contributed by atoms with Gasteiger partial charge in [-0.3, -0.25) is 9.59 Å². The Morgan fingerprint density at radius 2 is 2.24 bits per heavy atom. The van der Waals surface area contributed by atoms with Gasteiger partial charge in [-0.1, -0.05) is 11.8 Å². The first-order valence-electron chi connectivity index (χ1n) is 6.78. The molecule has 10 heteroatoms. The molecular weight excluding hydrogens is 459 g/mol. The van der Waals surface area contributed by atoms with Crippen molar-refractivity contribution in [1.82, 2.24) is 9.97 Å². The van der Waals surface area contributed by atoms with Crippen molar-refractivity contribution in [2.24, 2.45) is 5.73 Å². The Labute approximate surface area is 160 Å². The smallest absolute Gasteiger partial charge is 0.270 e. The van der Waals surface area contributed by atoms with Crippen molar-refractivity contribution in [1.29, 1.82) is 5.26 Å². The molecule has 0 aliphatic heterocycles. The molecule has 3 N–H and O–H groups in total. The Bertz CT molecular complexity index is 923. The maximum atomic E-state index is 12.1. The van der Waals surface area contributed by atoms with Crippen LogP contribution in [0.15, 0.2) is 22.1 Å². The lowest BCUT2D eigenvalue weighted by molar-refractivity contribution is -0.119. The number of hydrogen-bond acceptors (Lipinski definition) is 7. The number of aromatic amines is 1. The van der Waals surface area contributed by atoms with E-state index in [1.807, 2.05) is 28.7 Å². The number of primary amides is 1. The van der Waals surface area contributed by atoms with Crippen LogP contribution in [0.2, 0.25) is 0 Å². The summed E-state index contributed by atoms with van der Waals surface area (Å²) < 4.78 is 11.3. The van der Waals surface area contributed by atoms with E-state index in [0.29, 0.717) is 25.8 Å². The Kier molecular flexibility index (Phi) is 6.27. The van der Waals surface area contributed by atoms with Gasteiger partial charge in [0.2, 0.25) is 0 Å². The summed E-state index contributed by atoms with van der Waals surface area (Å²) in [5.41, 5.74) is 5.25. The van der Waals surface area contributed by atoms with Crippen LogP contribution in [0, 0.1) is 14.9 Å². The molecule has 0 saturated carbocycles. The number of nitrogens with one attached hydrogen (secondary N) is 1. The Balaban J connectivity index is 2.64. The van der Waals surface area contributed by atoms with Gasteiger partial charge in [-0.15, -0.1) is 0 Å². The summed E-state index contributed by atoms with van der Waals surface area (Å²) in [6.45, 7) is -0.297. The second-order valence-electron chi connectivity index (χ2n) is 4.66. The minimum atomic E-state index is -0.616. The number of carbonyl (C=O) groups excluding carboxylic acids is 1. The van der Waals surface area contributed by atoms with Crippen LogP contribution >= 0.6 is 34.4 Å². The zero-order valence-corrected chi connectivity index (χ0v) is 16.2. The monoisotopic (exact) mass is 472 g/mol. The molecule has 1 aromatic heterocycles. The fraction of sp³-hybridized carbons (Fsp3) is 0.200. The van der Waals surface area contributed by atoms with Gasteiger partial charge in [0.15, 0.2) is 23.3 Å². The largest absolute Gasteiger partial charge is 0.493 e. The Morgan fingerprint density at radius 3 is 2.80 bits per heavy atom. The van der Waals surface area contributed by atoms with Crippen molar-refractivity contribution in [3.8, 4) is 28.8 Å². The molecule has 8 nitrogen and oxygen atoms in total. The van der Waals surface area contributed by atoms with E-state index in [1.165, 1.54) is 18.9 Å². The summed E-state index contributed by atoms with van der Waals surface area (Å²) in [4.78, 5) is 29.9. The normalized spacial score (nSPS) is 10.2. The molecule has 2 aromatic rings. The zero-order valence-electron chi connectivity index (χ0n) is 13.3. The molecule has 0 saturated heterocycles. The zero-order chi connectivity index (χ0) is 18.6. The molecule has 0 radical (unpaired) electrons. The third kappa shape index (κ3) is 4.23. The molecule has 0 spiro atoms. The minimum Gasteiger partial charge on any atom is -0.493 e. The molecule has 130 valence electrons. The van der Waals surface area contributed by atoms with E-state index in [9.17, 15) is 14.9 Å². The lowest BCUT2D eigenvalue weighted by Gasteiger charge is -2.14. The summed E-state index contributed by atoms with van der Waals surface area (Å²) in [6, 6.07) is 5.15. The first-order valence-corrected chi connectivity index (χ1v) is 9.09. The lowest BCUT2D eigenvalue weighted by Crippen LogP contribution is -2.20. The standard InChI is InChI=1S/C15H13IN4O4S/c1-23-10-4-7(3-9(16)13(10)24-6-11(18)21)12-8(5-17)14(22)20-15(19-12)25-2/h3-4H,6H2,1-2H3,(H2,18,21)(H,19,20,22). The van der Waals surface area contributed by atoms with Crippen LogP contribution in [0.5, 0.6) is 11.5 Å². The number of methoxy groups -OCH3 is 1. The number of nitrogens with two attached hydrogens (primary N) is 1. The van der Waals surface area contributed by atoms with E-state index in [4.69, 9.17) is 15.2 Å². The van der Waals surface area contributed by atoms with E-state index in [2.05, 4.69) is 9.97 Å². The van der Waals surface area contributed by atoms with Crippen molar-refractivity contribution in [2.45, 2.75) is 5.16 Å². The molecule has 0 aliphatic rings. The van der Waals surface area contributed by atoms with E-state index in [-0.39, 0.29) is 17.9 Å². The van der Waals surface area contributed by atoms with Crippen molar-refractivity contribution in [2.75, 3.05) is 20.0 Å². The maximum absolute atomic E-state index is 12.1. The van der Waals surface area contributed by atoms with Gasteiger partial charge in [-0.25, -0.2) is 4.98 Å². The number of amides is 1. The third-order valence-electron chi connectivity index (χ3n) is 3.06. The number of thioether (sulfide) groups is 1. The van der Waals surface area contributed by atoms with Crippen LogP contribution in [0.25, 0.3) is 11.3 Å². The molecule has 0 unspecified atom stereocenters. The van der Waals surface area contributed by atoms with Crippen LogP contribution in [0.1, 0.15) is 5.56 Å². The number of ether oxygens (including phenoxy) is 2. The second-order valence-corrected chi connectivity index (χ2v) is 6.61. The number of halogens is 1. The molecule has 0 aliphatic carbocycles. The highest BCUT2D eigenvalue weighted by molar-refractivity contribution is 14.1. The topological polar surface area (TPSA) is 131 Å². The molecular formula is C15H13IN4O4S. The van der Waals surface area contributed by atoms with Gasteiger partial charge < -0.3 is 20.2 Å². The summed E-state index contributed by atoms with van der Waals surface area (Å²) in [5.74, 6) is 0.0634. The molecule has 1 heterocycles. The Morgan fingerprint density at radius 1 is 1.52 bits per heavy atom. The van der Waals surface area contributed by atoms with Gasteiger partial charge in [-0.2, -0.15) is 5.26 Å². The predicted octanol–water partition coefficient (Wildman–Crippen LogP) is 1.51. The maximum Gasteiger partial charge on any atom is 0.270 e. The number of hydrogen-bond donors (Lipinski definition) is 2. The molecule has 1 amide bonds. The van der Waals surface area contributed by atoms with Crippen LogP contribution in [-0.2, 0) is 4.79 Å². The fourth-order valence-corrected chi connectivity index (χ4v) is 3.14. The van der Waals surface area contributed by atoms with E-state index < -0.39 is 11.5 Å². The first kappa shape index (κ1) is 19.1. The average molecular weight is 472 g/mol. The summed E-state index contributed by atoms with van der Waals surface area (Å²) in [6.07, 6.45) is 1.76. The van der Waals surface area contributed by atoms with E-state index >= 15 is 0 Å². The van der Waals surface area contributed by atoms with Gasteiger partial charge in [-0.05, 0) is 41.0 Å². The molecule has 0 atom stereocenters. The molecule has 2 rings (SSSR count). The van der Waals surface area contributed by atoms with E-state index in [0.717, 1.165) is 0 Å². The number of carbonyl (C=O) groups is 1. The summed E-state index contributed by atoms with van der Waals surface area (Å²) >= 11 is 3.25. The van der Waals surface area contributed by atoms with Gasteiger partial charge in [0.25, 0.3) is 11.5 Å². The number of rotatable bonds is 6. The van der Waals surface area contributed by atoms with Crippen LogP contribution in [0.4, 0.5) is 0 Å². The van der Waals surface area contributed by atoms with Crippen molar-refractivity contribution in [3.05, 3.63) is 31.6 Å². The SMILES string of the molecule is COc1cc(-c2nc(SC)[nH]c(=O)c2C#N)cc(I)c1OCC(N)=O. The van der Waals surface area contributed by atoms with Gasteiger partial charge >= 0.3 is 0 Å². The highest BCUT2D eigenvalue weighted by Crippen LogP contribution is 2.37. The fourth-order valence-electron chi connectivity index (χ4n) is 2.00. The van der Waals surface area contributed by atoms with Crippen molar-refractivity contribution >= 4 is 40.3 Å². The van der Waals surface area contributed by atoms with Gasteiger partial charge in [0.05, 0.1) is 16.4 Å². The average Bonchev–Trinajstić information content (AvgIpc) is 2.58. The van der Waals surface area contributed by atoms with Crippen LogP contribution in [-0.4, -0.2) is 35.8 Å². The second kappa shape index (κ2) is 8.21. The quantitative estimate of drug-likeness (QED) is 0.370. The number of nitriles is 1. The van der Waals surface area contributed by atoms with Crippen molar-refractivity contribution in [3.63, 3.8) is 0 Å². The number of benzene rings is 1. The van der Waals surface area contributed by atoms with E-state index in [1.54, 1.807) is 18.4 Å².